The summed E-state index contributed by atoms with van der Waals surface area (Å²) in [7, 11) is 0. The predicted molar refractivity (Wildman–Crippen MR) is 103 cm³/mol. The van der Waals surface area contributed by atoms with Crippen LogP contribution in [0.3, 0.4) is 0 Å². The zero-order chi connectivity index (χ0) is 19.0. The molecule has 3 aromatic rings. The van der Waals surface area contributed by atoms with Crippen LogP contribution in [0.5, 0.6) is 11.5 Å². The lowest BCUT2D eigenvalue weighted by Gasteiger charge is -2.19. The molecule has 27 heavy (non-hydrogen) atoms. The fraction of sp³-hybridized carbons (Fsp3) is 0.333. The standard InChI is InChI=1S/C21H23N3O3/c1-13-12-14(2)24-9-8-17(20(24)22-13)21(25)23-15(3)16-6-4-7-18-19(16)27-11-5-10-26-18/h4,6-9,12,15H,5,10-11H2,1-3H3,(H,23,25). The second kappa shape index (κ2) is 6.95. The van der Waals surface area contributed by atoms with E-state index < -0.39 is 0 Å². The number of hydrogen-bond donors (Lipinski definition) is 1. The minimum absolute atomic E-state index is 0.158. The SMILES string of the molecule is Cc1cc(C)n2ccc(C(=O)NC(C)c3cccc4c3OCCCO4)c2n1. The molecule has 2 aromatic heterocycles. The second-order valence-electron chi connectivity index (χ2n) is 6.88. The molecule has 0 spiro atoms. The number of aryl methyl sites for hydroxylation is 2. The Bertz CT molecular complexity index is 1010. The Morgan fingerprint density at radius 3 is 2.89 bits per heavy atom. The Kier molecular flexibility index (Phi) is 4.48. The number of ether oxygens (including phenoxy) is 2. The second-order valence-corrected chi connectivity index (χ2v) is 6.88. The van der Waals surface area contributed by atoms with Crippen molar-refractivity contribution in [3.63, 3.8) is 0 Å². The van der Waals surface area contributed by atoms with Crippen LogP contribution in [-0.2, 0) is 0 Å². The van der Waals surface area contributed by atoms with Crippen molar-refractivity contribution >= 4 is 11.6 Å². The van der Waals surface area contributed by atoms with E-state index >= 15 is 0 Å². The third-order valence-corrected chi connectivity index (χ3v) is 4.80. The molecule has 1 aromatic carbocycles. The maximum Gasteiger partial charge on any atom is 0.255 e. The van der Waals surface area contributed by atoms with Gasteiger partial charge in [0.2, 0.25) is 0 Å². The summed E-state index contributed by atoms with van der Waals surface area (Å²) in [5.41, 5.74) is 4.08. The first kappa shape index (κ1) is 17.4. The Labute approximate surface area is 158 Å². The number of aromatic nitrogens is 2. The van der Waals surface area contributed by atoms with E-state index in [9.17, 15) is 4.79 Å². The number of benzene rings is 1. The highest BCUT2D eigenvalue weighted by atomic mass is 16.5. The average molecular weight is 365 g/mol. The fourth-order valence-electron chi connectivity index (χ4n) is 3.48. The van der Waals surface area contributed by atoms with Crippen molar-refractivity contribution in [2.45, 2.75) is 33.2 Å². The molecule has 1 unspecified atom stereocenters. The summed E-state index contributed by atoms with van der Waals surface area (Å²) in [6, 6.07) is 9.36. The van der Waals surface area contributed by atoms with Gasteiger partial charge in [0.1, 0.15) is 5.65 Å². The van der Waals surface area contributed by atoms with E-state index in [4.69, 9.17) is 9.47 Å². The summed E-state index contributed by atoms with van der Waals surface area (Å²) in [6.45, 7) is 7.13. The molecule has 0 aliphatic carbocycles. The Balaban J connectivity index is 1.63. The Morgan fingerprint density at radius 2 is 2.04 bits per heavy atom. The monoisotopic (exact) mass is 365 g/mol. The van der Waals surface area contributed by atoms with Gasteiger partial charge in [-0.25, -0.2) is 4.98 Å². The summed E-state index contributed by atoms with van der Waals surface area (Å²) >= 11 is 0. The Hall–Kier alpha value is -3.02. The molecule has 0 fully saturated rings. The van der Waals surface area contributed by atoms with Crippen LogP contribution in [-0.4, -0.2) is 28.5 Å². The number of fused-ring (bicyclic) bond motifs is 2. The van der Waals surface area contributed by atoms with Gasteiger partial charge in [0.25, 0.3) is 5.91 Å². The van der Waals surface area contributed by atoms with Gasteiger partial charge in [0.15, 0.2) is 11.5 Å². The molecule has 1 aliphatic heterocycles. The normalized spacial score (nSPS) is 14.6. The molecular formula is C21H23N3O3. The maximum atomic E-state index is 12.9. The fourth-order valence-corrected chi connectivity index (χ4v) is 3.48. The quantitative estimate of drug-likeness (QED) is 0.770. The maximum absolute atomic E-state index is 12.9. The topological polar surface area (TPSA) is 64.9 Å². The van der Waals surface area contributed by atoms with Gasteiger partial charge < -0.3 is 19.2 Å². The van der Waals surface area contributed by atoms with Crippen LogP contribution in [0.1, 0.15) is 46.7 Å². The molecule has 1 amide bonds. The van der Waals surface area contributed by atoms with Crippen LogP contribution in [0, 0.1) is 13.8 Å². The van der Waals surface area contributed by atoms with E-state index in [1.807, 2.05) is 61.7 Å². The van der Waals surface area contributed by atoms with E-state index in [2.05, 4.69) is 10.3 Å². The third-order valence-electron chi connectivity index (χ3n) is 4.80. The van der Waals surface area contributed by atoms with Crippen molar-refractivity contribution in [1.29, 1.82) is 0 Å². The van der Waals surface area contributed by atoms with Gasteiger partial charge >= 0.3 is 0 Å². The van der Waals surface area contributed by atoms with Crippen molar-refractivity contribution in [1.82, 2.24) is 14.7 Å². The summed E-state index contributed by atoms with van der Waals surface area (Å²) in [5, 5.41) is 3.07. The van der Waals surface area contributed by atoms with Crippen LogP contribution in [0.15, 0.2) is 36.5 Å². The lowest BCUT2D eigenvalue weighted by atomic mass is 10.1. The number of amides is 1. The van der Waals surface area contributed by atoms with Crippen molar-refractivity contribution in [3.8, 4) is 11.5 Å². The molecule has 4 rings (SSSR count). The molecule has 1 atom stereocenters. The largest absolute Gasteiger partial charge is 0.490 e. The smallest absolute Gasteiger partial charge is 0.255 e. The first-order chi connectivity index (χ1) is 13.0. The average Bonchev–Trinajstić information content (AvgIpc) is 2.91. The molecule has 140 valence electrons. The molecule has 1 N–H and O–H groups in total. The van der Waals surface area contributed by atoms with Crippen LogP contribution in [0.25, 0.3) is 5.65 Å². The van der Waals surface area contributed by atoms with Crippen molar-refractivity contribution in [2.24, 2.45) is 0 Å². The number of carbonyl (C=O) groups excluding carboxylic acids is 1. The lowest BCUT2D eigenvalue weighted by molar-refractivity contribution is 0.0941. The third kappa shape index (κ3) is 3.23. The molecule has 0 saturated heterocycles. The van der Waals surface area contributed by atoms with Crippen LogP contribution < -0.4 is 14.8 Å². The number of carbonyl (C=O) groups is 1. The van der Waals surface area contributed by atoms with E-state index in [1.54, 1.807) is 0 Å². The van der Waals surface area contributed by atoms with Gasteiger partial charge in [-0.15, -0.1) is 0 Å². The number of rotatable bonds is 3. The molecule has 6 nitrogen and oxygen atoms in total. The van der Waals surface area contributed by atoms with E-state index in [0.717, 1.165) is 29.1 Å². The van der Waals surface area contributed by atoms with E-state index in [-0.39, 0.29) is 11.9 Å². The van der Waals surface area contributed by atoms with Crippen LogP contribution in [0.2, 0.25) is 0 Å². The first-order valence-corrected chi connectivity index (χ1v) is 9.19. The van der Waals surface area contributed by atoms with Gasteiger partial charge in [-0.05, 0) is 39.0 Å². The summed E-state index contributed by atoms with van der Waals surface area (Å²) in [6.07, 6.45) is 2.72. The number of para-hydroxylation sites is 1. The summed E-state index contributed by atoms with van der Waals surface area (Å²) < 4.78 is 13.6. The molecule has 3 heterocycles. The summed E-state index contributed by atoms with van der Waals surface area (Å²) in [4.78, 5) is 17.5. The van der Waals surface area contributed by atoms with Crippen LogP contribution >= 0.6 is 0 Å². The lowest BCUT2D eigenvalue weighted by Crippen LogP contribution is -2.27. The summed E-state index contributed by atoms with van der Waals surface area (Å²) in [5.74, 6) is 1.29. The highest BCUT2D eigenvalue weighted by molar-refractivity contribution is 6.00. The van der Waals surface area contributed by atoms with Crippen molar-refractivity contribution in [3.05, 3.63) is 59.0 Å². The predicted octanol–water partition coefficient (Wildman–Crippen LogP) is 3.60. The molecule has 1 aliphatic rings. The molecule has 0 radical (unpaired) electrons. The van der Waals surface area contributed by atoms with Gasteiger partial charge in [0, 0.05) is 29.6 Å². The molecule has 0 bridgehead atoms. The van der Waals surface area contributed by atoms with Crippen LogP contribution in [0.4, 0.5) is 0 Å². The van der Waals surface area contributed by atoms with Crippen molar-refractivity contribution in [2.75, 3.05) is 13.2 Å². The number of nitrogens with one attached hydrogen (secondary N) is 1. The van der Waals surface area contributed by atoms with Gasteiger partial charge in [-0.3, -0.25) is 4.79 Å². The van der Waals surface area contributed by atoms with E-state index in [0.29, 0.717) is 30.2 Å². The number of hydrogen-bond acceptors (Lipinski definition) is 4. The highest BCUT2D eigenvalue weighted by Crippen LogP contribution is 2.36. The van der Waals surface area contributed by atoms with Gasteiger partial charge in [-0.1, -0.05) is 12.1 Å². The zero-order valence-electron chi connectivity index (χ0n) is 15.8. The minimum atomic E-state index is -0.227. The Morgan fingerprint density at radius 1 is 1.22 bits per heavy atom. The highest BCUT2D eigenvalue weighted by Gasteiger charge is 2.22. The minimum Gasteiger partial charge on any atom is -0.490 e. The van der Waals surface area contributed by atoms with E-state index in [1.165, 1.54) is 0 Å². The van der Waals surface area contributed by atoms with Crippen molar-refractivity contribution < 1.29 is 14.3 Å². The number of nitrogens with zero attached hydrogens (tertiary/aromatic N) is 2. The molecule has 0 saturated carbocycles. The van der Waals surface area contributed by atoms with Gasteiger partial charge in [0.05, 0.1) is 24.8 Å². The molecular weight excluding hydrogens is 342 g/mol. The van der Waals surface area contributed by atoms with Gasteiger partial charge in [-0.2, -0.15) is 0 Å². The zero-order valence-corrected chi connectivity index (χ0v) is 15.8. The first-order valence-electron chi connectivity index (χ1n) is 9.19. The molecule has 6 heteroatoms.